The molecule has 116 valence electrons. The number of carboxylic acid groups (broad SMARTS) is 1. The number of amides is 2. The second-order valence-electron chi connectivity index (χ2n) is 6.05. The van der Waals surface area contributed by atoms with E-state index in [0.29, 0.717) is 6.54 Å². The first-order valence-corrected chi connectivity index (χ1v) is 7.26. The number of piperidine rings is 1. The highest BCUT2D eigenvalue weighted by Crippen LogP contribution is 2.13. The van der Waals surface area contributed by atoms with Gasteiger partial charge in [0.2, 0.25) is 0 Å². The van der Waals surface area contributed by atoms with E-state index in [1.807, 2.05) is 0 Å². The third kappa shape index (κ3) is 4.10. The second-order valence-corrected chi connectivity index (χ2v) is 6.05. The van der Waals surface area contributed by atoms with Crippen molar-refractivity contribution < 1.29 is 14.7 Å². The van der Waals surface area contributed by atoms with Crippen LogP contribution in [0.2, 0.25) is 0 Å². The van der Waals surface area contributed by atoms with Gasteiger partial charge in [-0.3, -0.25) is 4.90 Å². The molecule has 1 aliphatic heterocycles. The molecule has 1 heterocycles. The number of carbonyl (C=O) groups is 2. The second kappa shape index (κ2) is 6.92. The number of rotatable bonds is 5. The average molecular weight is 285 g/mol. The monoisotopic (exact) mass is 285 g/mol. The fourth-order valence-electron chi connectivity index (χ4n) is 2.24. The minimum absolute atomic E-state index is 0.278. The molecule has 0 aromatic heterocycles. The molecule has 1 aliphatic rings. The number of urea groups is 1. The average Bonchev–Trinajstić information content (AvgIpc) is 2.44. The van der Waals surface area contributed by atoms with Crippen molar-refractivity contribution in [3.8, 4) is 0 Å². The number of aliphatic carboxylic acids is 1. The Bertz CT molecular complexity index is 352. The van der Waals surface area contributed by atoms with Crippen LogP contribution in [0.5, 0.6) is 0 Å². The molecule has 0 aliphatic carbocycles. The molecule has 0 radical (unpaired) electrons. The Kier molecular flexibility index (Phi) is 5.80. The first kappa shape index (κ1) is 16.8. The van der Waals surface area contributed by atoms with Crippen molar-refractivity contribution in [3.63, 3.8) is 0 Å². The van der Waals surface area contributed by atoms with E-state index in [0.717, 1.165) is 13.1 Å². The quantitative estimate of drug-likeness (QED) is 0.800. The lowest BCUT2D eigenvalue weighted by atomic mass is 10.0. The van der Waals surface area contributed by atoms with Gasteiger partial charge in [-0.05, 0) is 46.7 Å². The van der Waals surface area contributed by atoms with Crippen LogP contribution in [0.1, 0.15) is 40.0 Å². The Labute approximate surface area is 121 Å². The number of carbonyl (C=O) groups excluding carboxylic acids is 1. The molecular formula is C14H27N3O3. The van der Waals surface area contributed by atoms with Gasteiger partial charge in [0, 0.05) is 19.6 Å². The van der Waals surface area contributed by atoms with Gasteiger partial charge >= 0.3 is 12.0 Å². The van der Waals surface area contributed by atoms with Gasteiger partial charge in [-0.2, -0.15) is 0 Å². The Hall–Kier alpha value is -1.30. The molecule has 1 saturated heterocycles. The molecule has 2 amide bonds. The molecule has 1 unspecified atom stereocenters. The van der Waals surface area contributed by atoms with Gasteiger partial charge in [0.1, 0.15) is 5.54 Å². The molecule has 0 aromatic carbocycles. The molecule has 6 nitrogen and oxygen atoms in total. The Morgan fingerprint density at radius 2 is 1.85 bits per heavy atom. The lowest BCUT2D eigenvalue weighted by Gasteiger charge is -2.34. The normalized spacial score (nSPS) is 18.4. The summed E-state index contributed by atoms with van der Waals surface area (Å²) in [4.78, 5) is 26.7. The maximum Gasteiger partial charge on any atom is 0.329 e. The van der Waals surface area contributed by atoms with Crippen LogP contribution in [0.15, 0.2) is 0 Å². The van der Waals surface area contributed by atoms with E-state index in [2.05, 4.69) is 17.1 Å². The molecule has 2 N–H and O–H groups in total. The van der Waals surface area contributed by atoms with Crippen molar-refractivity contribution in [1.82, 2.24) is 15.1 Å². The van der Waals surface area contributed by atoms with Crippen LogP contribution in [-0.2, 0) is 4.79 Å². The van der Waals surface area contributed by atoms with Crippen LogP contribution in [0.25, 0.3) is 0 Å². The summed E-state index contributed by atoms with van der Waals surface area (Å²) in [6, 6.07) is -0.0677. The van der Waals surface area contributed by atoms with Gasteiger partial charge in [-0.15, -0.1) is 0 Å². The minimum atomic E-state index is -1.21. The number of likely N-dealkylation sites (N-methyl/N-ethyl adjacent to an activating group) is 1. The Balaban J connectivity index is 2.44. The van der Waals surface area contributed by atoms with E-state index in [1.165, 1.54) is 45.1 Å². The van der Waals surface area contributed by atoms with Crippen molar-refractivity contribution in [2.45, 2.75) is 51.6 Å². The van der Waals surface area contributed by atoms with E-state index in [4.69, 9.17) is 5.11 Å². The van der Waals surface area contributed by atoms with Crippen LogP contribution in [0, 0.1) is 0 Å². The fourth-order valence-corrected chi connectivity index (χ4v) is 2.24. The molecule has 1 rings (SSSR count). The maximum absolute atomic E-state index is 12.0. The first-order valence-electron chi connectivity index (χ1n) is 7.26. The number of nitrogens with zero attached hydrogens (tertiary/aromatic N) is 2. The van der Waals surface area contributed by atoms with E-state index in [-0.39, 0.29) is 12.1 Å². The SMILES string of the molecule is CC(CNC(=O)N(C)C(C)(C)C(=O)O)N1CCCCC1. The predicted octanol–water partition coefficient (Wildman–Crippen LogP) is 1.37. The Morgan fingerprint density at radius 3 is 2.35 bits per heavy atom. The van der Waals surface area contributed by atoms with Gasteiger partial charge in [0.15, 0.2) is 0 Å². The predicted molar refractivity (Wildman–Crippen MR) is 77.8 cm³/mol. The molecule has 0 saturated carbocycles. The van der Waals surface area contributed by atoms with E-state index >= 15 is 0 Å². The smallest absolute Gasteiger partial charge is 0.329 e. The lowest BCUT2D eigenvalue weighted by Crippen LogP contribution is -2.55. The number of nitrogens with one attached hydrogen (secondary N) is 1. The van der Waals surface area contributed by atoms with E-state index in [9.17, 15) is 9.59 Å². The Morgan fingerprint density at radius 1 is 1.30 bits per heavy atom. The largest absolute Gasteiger partial charge is 0.480 e. The standard InChI is InChI=1S/C14H27N3O3/c1-11(17-8-6-5-7-9-17)10-15-13(20)16(4)14(2,3)12(18)19/h11H,5-10H2,1-4H3,(H,15,20)(H,18,19). The highest BCUT2D eigenvalue weighted by molar-refractivity contribution is 5.85. The molecule has 0 spiro atoms. The topological polar surface area (TPSA) is 72.9 Å². The maximum atomic E-state index is 12.0. The van der Waals surface area contributed by atoms with Crippen molar-refractivity contribution >= 4 is 12.0 Å². The molecule has 0 aromatic rings. The minimum Gasteiger partial charge on any atom is -0.480 e. The summed E-state index contributed by atoms with van der Waals surface area (Å²) in [5.74, 6) is -1.01. The van der Waals surface area contributed by atoms with Gasteiger partial charge < -0.3 is 15.3 Å². The highest BCUT2D eigenvalue weighted by atomic mass is 16.4. The van der Waals surface area contributed by atoms with Crippen molar-refractivity contribution in [2.24, 2.45) is 0 Å². The molecule has 1 atom stereocenters. The van der Waals surface area contributed by atoms with Gasteiger partial charge in [0.05, 0.1) is 0 Å². The van der Waals surface area contributed by atoms with Gasteiger partial charge in [-0.25, -0.2) is 9.59 Å². The lowest BCUT2D eigenvalue weighted by molar-refractivity contribution is -0.146. The number of carboxylic acids is 1. The fraction of sp³-hybridized carbons (Fsp3) is 0.857. The summed E-state index contributed by atoms with van der Waals surface area (Å²) in [6.45, 7) is 7.82. The molecule has 6 heteroatoms. The van der Waals surface area contributed by atoms with Crippen LogP contribution in [-0.4, -0.2) is 65.2 Å². The first-order chi connectivity index (χ1) is 9.26. The highest BCUT2D eigenvalue weighted by Gasteiger charge is 2.35. The molecular weight excluding hydrogens is 258 g/mol. The zero-order valence-electron chi connectivity index (χ0n) is 13.0. The van der Waals surface area contributed by atoms with Gasteiger partial charge in [-0.1, -0.05) is 6.42 Å². The van der Waals surface area contributed by atoms with Crippen molar-refractivity contribution in [2.75, 3.05) is 26.7 Å². The summed E-state index contributed by atoms with van der Waals surface area (Å²) < 4.78 is 0. The number of likely N-dealkylation sites (tertiary alicyclic amines) is 1. The zero-order valence-corrected chi connectivity index (χ0v) is 13.0. The van der Waals surface area contributed by atoms with Crippen molar-refractivity contribution in [1.29, 1.82) is 0 Å². The van der Waals surface area contributed by atoms with E-state index < -0.39 is 11.5 Å². The summed E-state index contributed by atoms with van der Waals surface area (Å²) in [5.41, 5.74) is -1.21. The number of hydrogen-bond acceptors (Lipinski definition) is 3. The summed E-state index contributed by atoms with van der Waals surface area (Å²) in [7, 11) is 1.51. The van der Waals surface area contributed by atoms with Crippen LogP contribution >= 0.6 is 0 Å². The molecule has 1 fully saturated rings. The summed E-state index contributed by atoms with van der Waals surface area (Å²) in [5, 5.41) is 11.9. The summed E-state index contributed by atoms with van der Waals surface area (Å²) >= 11 is 0. The molecule has 0 bridgehead atoms. The summed E-state index contributed by atoms with van der Waals surface area (Å²) in [6.07, 6.45) is 3.71. The van der Waals surface area contributed by atoms with Crippen LogP contribution in [0.3, 0.4) is 0 Å². The zero-order chi connectivity index (χ0) is 15.3. The molecule has 20 heavy (non-hydrogen) atoms. The van der Waals surface area contributed by atoms with Gasteiger partial charge in [0.25, 0.3) is 0 Å². The van der Waals surface area contributed by atoms with Crippen LogP contribution < -0.4 is 5.32 Å². The van der Waals surface area contributed by atoms with Crippen molar-refractivity contribution in [3.05, 3.63) is 0 Å². The third-order valence-electron chi connectivity index (χ3n) is 4.23. The third-order valence-corrected chi connectivity index (χ3v) is 4.23. The number of hydrogen-bond donors (Lipinski definition) is 2. The van der Waals surface area contributed by atoms with Crippen LogP contribution in [0.4, 0.5) is 4.79 Å². The van der Waals surface area contributed by atoms with E-state index in [1.54, 1.807) is 0 Å².